The van der Waals surface area contributed by atoms with E-state index in [1.165, 1.54) is 12.1 Å². The molecule has 0 aromatic heterocycles. The summed E-state index contributed by atoms with van der Waals surface area (Å²) in [5.41, 5.74) is -0.206. The SMILES string of the molecule is Fc1ccc(OC2(CCl)CC2)c(Br)c1. The Morgan fingerprint density at radius 2 is 2.21 bits per heavy atom. The summed E-state index contributed by atoms with van der Waals surface area (Å²) < 4.78 is 19.1. The molecule has 1 fully saturated rings. The molecule has 1 aromatic carbocycles. The molecule has 0 bridgehead atoms. The molecule has 14 heavy (non-hydrogen) atoms. The fourth-order valence-corrected chi connectivity index (χ4v) is 1.95. The lowest BCUT2D eigenvalue weighted by molar-refractivity contribution is 0.202. The van der Waals surface area contributed by atoms with Crippen LogP contribution in [-0.2, 0) is 0 Å². The van der Waals surface area contributed by atoms with Crippen molar-refractivity contribution in [2.75, 3.05) is 5.88 Å². The summed E-state index contributed by atoms with van der Waals surface area (Å²) in [6.07, 6.45) is 1.95. The van der Waals surface area contributed by atoms with Gasteiger partial charge in [0.15, 0.2) is 0 Å². The molecule has 0 saturated heterocycles. The van der Waals surface area contributed by atoms with Crippen LogP contribution in [0.15, 0.2) is 22.7 Å². The number of rotatable bonds is 3. The first-order chi connectivity index (χ1) is 6.65. The van der Waals surface area contributed by atoms with Crippen molar-refractivity contribution in [2.24, 2.45) is 0 Å². The molecule has 0 radical (unpaired) electrons. The van der Waals surface area contributed by atoms with Crippen molar-refractivity contribution in [3.63, 3.8) is 0 Å². The lowest BCUT2D eigenvalue weighted by atomic mass is 10.3. The summed E-state index contributed by atoms with van der Waals surface area (Å²) >= 11 is 9.02. The van der Waals surface area contributed by atoms with Crippen molar-refractivity contribution in [3.8, 4) is 5.75 Å². The van der Waals surface area contributed by atoms with Crippen LogP contribution in [0.3, 0.4) is 0 Å². The zero-order valence-corrected chi connectivity index (χ0v) is 9.74. The van der Waals surface area contributed by atoms with Crippen LogP contribution in [0.5, 0.6) is 5.75 Å². The second-order valence-corrected chi connectivity index (χ2v) is 4.62. The largest absolute Gasteiger partial charge is 0.485 e. The van der Waals surface area contributed by atoms with Gasteiger partial charge in [0.05, 0.1) is 10.4 Å². The molecule has 2 rings (SSSR count). The predicted octanol–water partition coefficient (Wildman–Crippen LogP) is 3.74. The van der Waals surface area contributed by atoms with E-state index in [0.29, 0.717) is 16.1 Å². The highest BCUT2D eigenvalue weighted by molar-refractivity contribution is 9.10. The number of halogens is 3. The van der Waals surface area contributed by atoms with Gasteiger partial charge in [0.2, 0.25) is 0 Å². The average Bonchev–Trinajstić information content (AvgIpc) is 2.91. The highest BCUT2D eigenvalue weighted by Gasteiger charge is 2.45. The molecule has 4 heteroatoms. The van der Waals surface area contributed by atoms with Gasteiger partial charge in [-0.05, 0) is 47.0 Å². The Bertz CT molecular complexity index is 352. The Kier molecular flexibility index (Phi) is 2.71. The molecule has 1 aliphatic rings. The van der Waals surface area contributed by atoms with Crippen LogP contribution in [0, 0.1) is 5.82 Å². The monoisotopic (exact) mass is 278 g/mol. The Hall–Kier alpha value is -0.280. The fraction of sp³-hybridized carbons (Fsp3) is 0.400. The van der Waals surface area contributed by atoms with E-state index in [-0.39, 0.29) is 11.4 Å². The van der Waals surface area contributed by atoms with Gasteiger partial charge in [0, 0.05) is 0 Å². The molecule has 1 nitrogen and oxygen atoms in total. The first-order valence-corrected chi connectivity index (χ1v) is 5.68. The zero-order chi connectivity index (χ0) is 10.2. The summed E-state index contributed by atoms with van der Waals surface area (Å²) in [7, 11) is 0. The number of ether oxygens (including phenoxy) is 1. The van der Waals surface area contributed by atoms with Crippen LogP contribution in [0.25, 0.3) is 0 Å². The molecule has 1 aromatic rings. The quantitative estimate of drug-likeness (QED) is 0.766. The molecule has 0 aliphatic heterocycles. The molecule has 0 spiro atoms. The van der Waals surface area contributed by atoms with Crippen LogP contribution in [0.4, 0.5) is 4.39 Å². The van der Waals surface area contributed by atoms with Gasteiger partial charge >= 0.3 is 0 Å². The van der Waals surface area contributed by atoms with Gasteiger partial charge in [-0.3, -0.25) is 0 Å². The third-order valence-electron chi connectivity index (χ3n) is 2.27. The molecule has 76 valence electrons. The number of hydrogen-bond donors (Lipinski definition) is 0. The standard InChI is InChI=1S/C10H9BrClFO/c11-8-5-7(13)1-2-9(8)14-10(6-12)3-4-10/h1-2,5H,3-4,6H2. The maximum Gasteiger partial charge on any atom is 0.134 e. The Morgan fingerprint density at radius 3 is 2.71 bits per heavy atom. The number of alkyl halides is 1. The predicted molar refractivity (Wildman–Crippen MR) is 57.4 cm³/mol. The van der Waals surface area contributed by atoms with Crippen molar-refractivity contribution in [3.05, 3.63) is 28.5 Å². The number of benzene rings is 1. The third-order valence-corrected chi connectivity index (χ3v) is 3.38. The summed E-state index contributed by atoms with van der Waals surface area (Å²) in [6.45, 7) is 0. The van der Waals surface area contributed by atoms with Gasteiger partial charge in [-0.15, -0.1) is 11.6 Å². The van der Waals surface area contributed by atoms with Crippen LogP contribution < -0.4 is 4.74 Å². The molecule has 0 N–H and O–H groups in total. The van der Waals surface area contributed by atoms with E-state index in [2.05, 4.69) is 15.9 Å². The fourth-order valence-electron chi connectivity index (χ4n) is 1.19. The van der Waals surface area contributed by atoms with E-state index in [0.717, 1.165) is 12.8 Å². The maximum atomic E-state index is 12.8. The molecular weight excluding hydrogens is 270 g/mol. The van der Waals surface area contributed by atoms with E-state index in [9.17, 15) is 4.39 Å². The van der Waals surface area contributed by atoms with Crippen LogP contribution >= 0.6 is 27.5 Å². The third kappa shape index (κ3) is 2.04. The second-order valence-electron chi connectivity index (χ2n) is 3.49. The molecular formula is C10H9BrClFO. The van der Waals surface area contributed by atoms with Gasteiger partial charge in [-0.1, -0.05) is 0 Å². The van der Waals surface area contributed by atoms with Crippen LogP contribution in [-0.4, -0.2) is 11.5 Å². The van der Waals surface area contributed by atoms with E-state index >= 15 is 0 Å². The molecule has 0 amide bonds. The minimum absolute atomic E-state index is 0.206. The summed E-state index contributed by atoms with van der Waals surface area (Å²) in [6, 6.07) is 4.39. The van der Waals surface area contributed by atoms with Gasteiger partial charge < -0.3 is 4.74 Å². The summed E-state index contributed by atoms with van der Waals surface area (Å²) in [5, 5.41) is 0. The first kappa shape index (κ1) is 10.2. The molecule has 1 saturated carbocycles. The average molecular weight is 280 g/mol. The zero-order valence-electron chi connectivity index (χ0n) is 7.40. The maximum absolute atomic E-state index is 12.8. The van der Waals surface area contributed by atoms with E-state index in [1.807, 2.05) is 0 Å². The van der Waals surface area contributed by atoms with Crippen molar-refractivity contribution < 1.29 is 9.13 Å². The minimum atomic E-state index is -0.278. The lowest BCUT2D eigenvalue weighted by Crippen LogP contribution is -2.19. The van der Waals surface area contributed by atoms with Crippen molar-refractivity contribution in [1.29, 1.82) is 0 Å². The molecule has 0 unspecified atom stereocenters. The van der Waals surface area contributed by atoms with E-state index in [1.54, 1.807) is 6.07 Å². The Labute approximate surface area is 95.3 Å². The van der Waals surface area contributed by atoms with Crippen LogP contribution in [0.1, 0.15) is 12.8 Å². The summed E-state index contributed by atoms with van der Waals surface area (Å²) in [5.74, 6) is 0.862. The highest BCUT2D eigenvalue weighted by Crippen LogP contribution is 2.42. The molecule has 1 aliphatic carbocycles. The second kappa shape index (κ2) is 3.70. The molecule has 0 heterocycles. The summed E-state index contributed by atoms with van der Waals surface area (Å²) in [4.78, 5) is 0. The Balaban J connectivity index is 2.17. The van der Waals surface area contributed by atoms with Crippen molar-refractivity contribution in [2.45, 2.75) is 18.4 Å². The van der Waals surface area contributed by atoms with Crippen LogP contribution in [0.2, 0.25) is 0 Å². The van der Waals surface area contributed by atoms with Gasteiger partial charge in [0.25, 0.3) is 0 Å². The Morgan fingerprint density at radius 1 is 1.50 bits per heavy atom. The van der Waals surface area contributed by atoms with Crippen molar-refractivity contribution in [1.82, 2.24) is 0 Å². The highest BCUT2D eigenvalue weighted by atomic mass is 79.9. The lowest BCUT2D eigenvalue weighted by Gasteiger charge is -2.16. The molecule has 0 atom stereocenters. The number of hydrogen-bond acceptors (Lipinski definition) is 1. The first-order valence-electron chi connectivity index (χ1n) is 4.35. The normalized spacial score (nSPS) is 17.9. The van der Waals surface area contributed by atoms with Gasteiger partial charge in [-0.2, -0.15) is 0 Å². The van der Waals surface area contributed by atoms with E-state index in [4.69, 9.17) is 16.3 Å². The smallest absolute Gasteiger partial charge is 0.134 e. The topological polar surface area (TPSA) is 9.23 Å². The van der Waals surface area contributed by atoms with Gasteiger partial charge in [0.1, 0.15) is 17.2 Å². The van der Waals surface area contributed by atoms with E-state index < -0.39 is 0 Å². The van der Waals surface area contributed by atoms with Crippen molar-refractivity contribution >= 4 is 27.5 Å². The van der Waals surface area contributed by atoms with Gasteiger partial charge in [-0.25, -0.2) is 4.39 Å². The minimum Gasteiger partial charge on any atom is -0.485 e.